The van der Waals surface area contributed by atoms with Gasteiger partial charge in [0.25, 0.3) is 0 Å². The summed E-state index contributed by atoms with van der Waals surface area (Å²) in [6.45, 7) is 1.76. The van der Waals surface area contributed by atoms with E-state index >= 15 is 0 Å². The number of aromatic nitrogens is 2. The molecule has 0 fully saturated rings. The topological polar surface area (TPSA) is 120 Å². The molecule has 9 heteroatoms. The van der Waals surface area contributed by atoms with Crippen LogP contribution in [0.5, 0.6) is 5.75 Å². The fourth-order valence-corrected chi connectivity index (χ4v) is 2.91. The number of para-hydroxylation sites is 1. The zero-order chi connectivity index (χ0) is 22.4. The molecule has 0 aliphatic rings. The molecule has 0 spiro atoms. The predicted molar refractivity (Wildman–Crippen MR) is 112 cm³/mol. The number of carbonyl (C=O) groups excluding carboxylic acids is 1. The molecule has 0 bridgehead atoms. The number of hydrogen-bond acceptors (Lipinski definition) is 7. The van der Waals surface area contributed by atoms with Crippen LogP contribution in [-0.2, 0) is 9.53 Å². The summed E-state index contributed by atoms with van der Waals surface area (Å²) in [5, 5.41) is 25.4. The van der Waals surface area contributed by atoms with E-state index < -0.39 is 10.9 Å². The van der Waals surface area contributed by atoms with Crippen LogP contribution in [0.3, 0.4) is 0 Å². The first-order chi connectivity index (χ1) is 15.0. The fraction of sp³-hybridized carbons (Fsp3) is 0.136. The van der Waals surface area contributed by atoms with E-state index in [9.17, 15) is 20.2 Å². The van der Waals surface area contributed by atoms with Gasteiger partial charge in [-0.25, -0.2) is 9.48 Å². The predicted octanol–water partition coefficient (Wildman–Crippen LogP) is 3.93. The Morgan fingerprint density at radius 2 is 2.03 bits per heavy atom. The van der Waals surface area contributed by atoms with Gasteiger partial charge in [-0.3, -0.25) is 10.1 Å². The highest BCUT2D eigenvalue weighted by atomic mass is 16.6. The number of ether oxygens (including phenoxy) is 2. The third-order valence-electron chi connectivity index (χ3n) is 4.33. The van der Waals surface area contributed by atoms with E-state index in [0.717, 1.165) is 5.69 Å². The summed E-state index contributed by atoms with van der Waals surface area (Å²) >= 11 is 0. The van der Waals surface area contributed by atoms with E-state index in [-0.39, 0.29) is 23.6 Å². The largest absolute Gasteiger partial charge is 0.490 e. The Balaban J connectivity index is 2.20. The van der Waals surface area contributed by atoms with Gasteiger partial charge in [-0.2, -0.15) is 10.4 Å². The summed E-state index contributed by atoms with van der Waals surface area (Å²) in [6.07, 6.45) is 2.99. The van der Waals surface area contributed by atoms with Crippen LogP contribution < -0.4 is 4.74 Å². The van der Waals surface area contributed by atoms with Crippen LogP contribution in [0.2, 0.25) is 0 Å². The van der Waals surface area contributed by atoms with Gasteiger partial charge in [0.15, 0.2) is 5.75 Å². The highest BCUT2D eigenvalue weighted by molar-refractivity contribution is 5.98. The number of nitro groups is 1. The molecule has 0 unspecified atom stereocenters. The SMILES string of the molecule is CCOC(=O)C(C#N)=Cc1cn(-c2ccccc2)nc1-c1ccc(OC)c([N+](=O)[O-])c1. The molecule has 1 heterocycles. The third-order valence-corrected chi connectivity index (χ3v) is 4.33. The van der Waals surface area contributed by atoms with Gasteiger partial charge in [0, 0.05) is 23.4 Å². The summed E-state index contributed by atoms with van der Waals surface area (Å²) in [5.74, 6) is -0.651. The number of hydrogen-bond donors (Lipinski definition) is 0. The molecule has 9 nitrogen and oxygen atoms in total. The summed E-state index contributed by atoms with van der Waals surface area (Å²) in [4.78, 5) is 23.0. The Morgan fingerprint density at radius 1 is 1.29 bits per heavy atom. The number of nitro benzene ring substituents is 1. The van der Waals surface area contributed by atoms with Crippen molar-refractivity contribution in [1.82, 2.24) is 9.78 Å². The third kappa shape index (κ3) is 4.59. The molecule has 0 saturated carbocycles. The zero-order valence-electron chi connectivity index (χ0n) is 16.8. The number of rotatable bonds is 7. The first-order valence-corrected chi connectivity index (χ1v) is 9.25. The fourth-order valence-electron chi connectivity index (χ4n) is 2.91. The highest BCUT2D eigenvalue weighted by Gasteiger charge is 2.20. The molecule has 0 aliphatic heterocycles. The molecule has 156 valence electrons. The molecule has 31 heavy (non-hydrogen) atoms. The van der Waals surface area contributed by atoms with Crippen molar-refractivity contribution in [1.29, 1.82) is 5.26 Å². The van der Waals surface area contributed by atoms with E-state index in [2.05, 4.69) is 5.10 Å². The van der Waals surface area contributed by atoms with Crippen LogP contribution in [0, 0.1) is 21.4 Å². The number of benzene rings is 2. The lowest BCUT2D eigenvalue weighted by molar-refractivity contribution is -0.385. The van der Waals surface area contributed by atoms with Gasteiger partial charge in [-0.15, -0.1) is 0 Å². The van der Waals surface area contributed by atoms with E-state index in [1.54, 1.807) is 23.9 Å². The Hall–Kier alpha value is -4.45. The highest BCUT2D eigenvalue weighted by Crippen LogP contribution is 2.34. The molecule has 0 amide bonds. The lowest BCUT2D eigenvalue weighted by atomic mass is 10.1. The van der Waals surface area contributed by atoms with Crippen molar-refractivity contribution >= 4 is 17.7 Å². The lowest BCUT2D eigenvalue weighted by Crippen LogP contribution is -2.06. The molecule has 0 saturated heterocycles. The number of carbonyl (C=O) groups is 1. The minimum atomic E-state index is -0.760. The van der Waals surface area contributed by atoms with Crippen molar-refractivity contribution < 1.29 is 19.2 Å². The molecule has 1 aromatic heterocycles. The Bertz CT molecular complexity index is 1190. The van der Waals surface area contributed by atoms with Gasteiger partial charge in [-0.05, 0) is 37.3 Å². The van der Waals surface area contributed by atoms with E-state index in [1.807, 2.05) is 36.4 Å². The van der Waals surface area contributed by atoms with Gasteiger partial charge in [0.05, 0.1) is 24.3 Å². The average molecular weight is 418 g/mol. The Morgan fingerprint density at radius 3 is 2.65 bits per heavy atom. The van der Waals surface area contributed by atoms with Gasteiger partial charge in [-0.1, -0.05) is 18.2 Å². The zero-order valence-corrected chi connectivity index (χ0v) is 16.8. The molecule has 0 radical (unpaired) electrons. The second-order valence-electron chi connectivity index (χ2n) is 6.25. The maximum Gasteiger partial charge on any atom is 0.348 e. The summed E-state index contributed by atoms with van der Waals surface area (Å²) in [7, 11) is 1.35. The Labute approximate surface area is 177 Å². The van der Waals surface area contributed by atoms with Crippen molar-refractivity contribution in [3.63, 3.8) is 0 Å². The van der Waals surface area contributed by atoms with Crippen LogP contribution in [0.25, 0.3) is 23.0 Å². The first kappa shape index (κ1) is 21.3. The Kier molecular flexibility index (Phi) is 6.42. The van der Waals surface area contributed by atoms with Crippen molar-refractivity contribution in [3.05, 3.63) is 76.0 Å². The monoisotopic (exact) mass is 418 g/mol. The summed E-state index contributed by atoms with van der Waals surface area (Å²) in [5.41, 5.74) is 1.50. The second-order valence-corrected chi connectivity index (χ2v) is 6.25. The van der Waals surface area contributed by atoms with Crippen LogP contribution in [-0.4, -0.2) is 34.4 Å². The molecule has 3 rings (SSSR count). The van der Waals surface area contributed by atoms with Crippen molar-refractivity contribution in [2.75, 3.05) is 13.7 Å². The molecule has 0 N–H and O–H groups in total. The normalized spacial score (nSPS) is 10.9. The summed E-state index contributed by atoms with van der Waals surface area (Å²) in [6, 6.07) is 15.5. The minimum absolute atomic E-state index is 0.109. The molecular weight excluding hydrogens is 400 g/mol. The number of esters is 1. The van der Waals surface area contributed by atoms with Crippen molar-refractivity contribution in [3.8, 4) is 28.8 Å². The van der Waals surface area contributed by atoms with E-state index in [1.165, 1.54) is 25.3 Å². The smallest absolute Gasteiger partial charge is 0.348 e. The van der Waals surface area contributed by atoms with Crippen molar-refractivity contribution in [2.24, 2.45) is 0 Å². The van der Waals surface area contributed by atoms with Crippen LogP contribution >= 0.6 is 0 Å². The van der Waals surface area contributed by atoms with Gasteiger partial charge in [0.2, 0.25) is 0 Å². The standard InChI is InChI=1S/C22H18N4O5/c1-3-31-22(27)16(13-23)11-17-14-25(18-7-5-4-6-8-18)24-21(17)15-9-10-20(30-2)19(12-15)26(28)29/h4-12,14H,3H2,1-2H3. The quantitative estimate of drug-likeness (QED) is 0.187. The molecule has 2 aromatic carbocycles. The van der Waals surface area contributed by atoms with Gasteiger partial charge < -0.3 is 9.47 Å². The van der Waals surface area contributed by atoms with Crippen molar-refractivity contribution in [2.45, 2.75) is 6.92 Å². The first-order valence-electron chi connectivity index (χ1n) is 9.25. The maximum atomic E-state index is 12.1. The van der Waals surface area contributed by atoms with Crippen LogP contribution in [0.4, 0.5) is 5.69 Å². The lowest BCUT2D eigenvalue weighted by Gasteiger charge is -2.05. The van der Waals surface area contributed by atoms with E-state index in [0.29, 0.717) is 16.8 Å². The van der Waals surface area contributed by atoms with E-state index in [4.69, 9.17) is 9.47 Å². The molecule has 0 atom stereocenters. The minimum Gasteiger partial charge on any atom is -0.490 e. The van der Waals surface area contributed by atoms with Gasteiger partial charge >= 0.3 is 11.7 Å². The average Bonchev–Trinajstić information content (AvgIpc) is 3.21. The number of nitrogens with zero attached hydrogens (tertiary/aromatic N) is 4. The van der Waals surface area contributed by atoms with Gasteiger partial charge in [0.1, 0.15) is 17.3 Å². The summed E-state index contributed by atoms with van der Waals surface area (Å²) < 4.78 is 11.5. The molecular formula is C22H18N4O5. The van der Waals surface area contributed by atoms with Crippen LogP contribution in [0.1, 0.15) is 12.5 Å². The maximum absolute atomic E-state index is 12.1. The molecule has 3 aromatic rings. The molecule has 0 aliphatic carbocycles. The number of nitriles is 1. The second kappa shape index (κ2) is 9.37. The number of methoxy groups -OCH3 is 1. The van der Waals surface area contributed by atoms with Crippen LogP contribution in [0.15, 0.2) is 60.3 Å².